The van der Waals surface area contributed by atoms with Gasteiger partial charge in [-0.05, 0) is 26.3 Å². The number of ether oxygens (including phenoxy) is 4. The number of methoxy groups -OCH3 is 1. The lowest BCUT2D eigenvalue weighted by Gasteiger charge is -2.38. The van der Waals surface area contributed by atoms with Crippen LogP contribution >= 0.6 is 11.3 Å². The van der Waals surface area contributed by atoms with E-state index in [0.29, 0.717) is 16.4 Å². The number of esters is 1. The monoisotopic (exact) mass is 809 g/mol. The highest BCUT2D eigenvalue weighted by molar-refractivity contribution is 7.23. The fourth-order valence-corrected chi connectivity index (χ4v) is 8.57. The molecule has 3 aromatic rings. The fraction of sp³-hybridized carbons (Fsp3) is 0.524. The van der Waals surface area contributed by atoms with Crippen molar-refractivity contribution in [3.8, 4) is 17.2 Å². The topological polar surface area (TPSA) is 206 Å². The van der Waals surface area contributed by atoms with E-state index < -0.39 is 77.3 Å². The SMILES string of the molecule is CCCCNc1nc2c(s1)c1c(O)c3c(O)c(C)c4c(c32)C(=O)[C@@](C)(O/C=C/[C@@H](OC)[C@@H](C)[C@@H](OC(C)=O)[C@H](C)[C@H](O)[C@H](C)[C@@H](O)[C@@H](C)/C=C/C=C(/C)C(=O)N1)O4. The molecular weight excluding hydrogens is 755 g/mol. The number of aliphatic hydroxyl groups is 2. The summed E-state index contributed by atoms with van der Waals surface area (Å²) < 4.78 is 24.1. The molecule has 0 saturated heterocycles. The number of aliphatic hydroxyl groups excluding tert-OH is 2. The summed E-state index contributed by atoms with van der Waals surface area (Å²) in [5, 5.41) is 53.0. The normalized spacial score (nSPS) is 30.7. The number of rotatable bonds is 6. The minimum Gasteiger partial charge on any atom is -0.507 e. The van der Waals surface area contributed by atoms with Crippen LogP contribution < -0.4 is 15.4 Å². The first kappa shape index (κ1) is 43.4. The Hall–Kier alpha value is -4.70. The molecule has 57 heavy (non-hydrogen) atoms. The van der Waals surface area contributed by atoms with Crippen LogP contribution in [0.2, 0.25) is 0 Å². The van der Waals surface area contributed by atoms with E-state index in [-0.39, 0.29) is 50.2 Å². The summed E-state index contributed by atoms with van der Waals surface area (Å²) in [6.45, 7) is 15.5. The Bertz CT molecular complexity index is 2130. The van der Waals surface area contributed by atoms with Crippen molar-refractivity contribution in [3.05, 3.63) is 47.3 Å². The Morgan fingerprint density at radius 2 is 1.74 bits per heavy atom. The number of amides is 1. The standard InChI is InChI=1S/C42H55N3O11S/c1-11-12-17-43-41-45-30-27-28-34(49)24(7)37-29(27)39(51)42(9,56-37)54-18-16-26(53-10)21(4)36(55-25(8)46)23(6)33(48)22(5)32(47)19(2)14-13-15-20(3)40(52)44-31(35(28)50)38(30)57-41/h13-16,18-19,21-23,26,32-33,36,47-50H,11-12,17H2,1-10H3,(H,43,45)(H,44,52)/b14-13+,18-16+,20-15-/t19-,21+,22+,23+,26+,32-,33+,36+,42-/m0/s1. The molecule has 15 heteroatoms. The van der Waals surface area contributed by atoms with Crippen molar-refractivity contribution in [3.63, 3.8) is 0 Å². The van der Waals surface area contributed by atoms with Crippen LogP contribution in [0.4, 0.5) is 10.8 Å². The highest BCUT2D eigenvalue weighted by Gasteiger charge is 2.49. The number of aromatic hydroxyl groups is 2. The summed E-state index contributed by atoms with van der Waals surface area (Å²) in [5.41, 5.74) is 0.704. The molecule has 0 aliphatic carbocycles. The number of unbranched alkanes of at least 4 members (excludes halogenated alkanes) is 1. The van der Waals surface area contributed by atoms with Crippen LogP contribution in [-0.4, -0.2) is 86.9 Å². The molecule has 1 amide bonds. The van der Waals surface area contributed by atoms with Crippen molar-refractivity contribution in [2.45, 2.75) is 105 Å². The molecule has 2 aliphatic heterocycles. The number of hydrogen-bond acceptors (Lipinski definition) is 14. The van der Waals surface area contributed by atoms with Gasteiger partial charge in [0.05, 0.1) is 45.7 Å². The fourth-order valence-electron chi connectivity index (χ4n) is 7.57. The lowest BCUT2D eigenvalue weighted by Crippen LogP contribution is -2.46. The van der Waals surface area contributed by atoms with Crippen LogP contribution in [0.3, 0.4) is 0 Å². The van der Waals surface area contributed by atoms with Crippen molar-refractivity contribution in [2.24, 2.45) is 23.7 Å². The first-order valence-electron chi connectivity index (χ1n) is 19.3. The van der Waals surface area contributed by atoms with Crippen LogP contribution in [0.1, 0.15) is 84.2 Å². The smallest absolute Gasteiger partial charge is 0.312 e. The number of benzene rings is 2. The molecule has 9 atom stereocenters. The average Bonchev–Trinajstić information content (AvgIpc) is 3.71. The Balaban J connectivity index is 1.72. The van der Waals surface area contributed by atoms with E-state index in [1.807, 2.05) is 0 Å². The third-order valence-electron chi connectivity index (χ3n) is 11.2. The quantitative estimate of drug-likeness (QED) is 0.0856. The zero-order chi connectivity index (χ0) is 42.1. The van der Waals surface area contributed by atoms with E-state index in [9.17, 15) is 34.8 Å². The number of thiazole rings is 1. The molecular formula is C42H55N3O11S. The number of nitrogens with one attached hydrogen (secondary N) is 2. The molecule has 2 aliphatic rings. The third kappa shape index (κ3) is 8.34. The van der Waals surface area contributed by atoms with Crippen LogP contribution in [0.5, 0.6) is 17.2 Å². The number of aromatic nitrogens is 1. The zero-order valence-electron chi connectivity index (χ0n) is 34.1. The van der Waals surface area contributed by atoms with Gasteiger partial charge in [-0.15, -0.1) is 0 Å². The minimum absolute atomic E-state index is 0.00481. The van der Waals surface area contributed by atoms with Crippen LogP contribution in [0, 0.1) is 30.6 Å². The molecule has 0 spiro atoms. The predicted molar refractivity (Wildman–Crippen MR) is 219 cm³/mol. The number of Topliss-reactive ketones (excluding diaryl/α,β-unsaturated/α-hetero) is 1. The van der Waals surface area contributed by atoms with Crippen molar-refractivity contribution in [2.75, 3.05) is 24.3 Å². The van der Waals surface area contributed by atoms with E-state index in [1.54, 1.807) is 65.8 Å². The predicted octanol–water partition coefficient (Wildman–Crippen LogP) is 6.87. The van der Waals surface area contributed by atoms with Gasteiger partial charge in [0.2, 0.25) is 0 Å². The average molecular weight is 810 g/mol. The number of anilines is 2. The lowest BCUT2D eigenvalue weighted by molar-refractivity contribution is -0.160. The number of hydrogen-bond donors (Lipinski definition) is 6. The molecule has 4 bridgehead atoms. The summed E-state index contributed by atoms with van der Waals surface area (Å²) in [6, 6.07) is 0. The van der Waals surface area contributed by atoms with E-state index in [4.69, 9.17) is 23.9 Å². The summed E-state index contributed by atoms with van der Waals surface area (Å²) in [7, 11) is 1.46. The Kier molecular flexibility index (Phi) is 13.3. The van der Waals surface area contributed by atoms with Gasteiger partial charge in [0.25, 0.3) is 11.7 Å². The van der Waals surface area contributed by atoms with Gasteiger partial charge in [-0.25, -0.2) is 4.98 Å². The van der Waals surface area contributed by atoms with Gasteiger partial charge in [0, 0.05) is 67.7 Å². The second-order valence-corrected chi connectivity index (χ2v) is 16.3. The van der Waals surface area contributed by atoms with E-state index in [1.165, 1.54) is 38.6 Å². The summed E-state index contributed by atoms with van der Waals surface area (Å²) in [5.74, 6) is -6.82. The van der Waals surface area contributed by atoms with Gasteiger partial charge in [0.1, 0.15) is 23.3 Å². The Morgan fingerprint density at radius 3 is 2.39 bits per heavy atom. The van der Waals surface area contributed by atoms with Gasteiger partial charge in [-0.1, -0.05) is 70.6 Å². The molecule has 14 nitrogen and oxygen atoms in total. The molecule has 0 unspecified atom stereocenters. The van der Waals surface area contributed by atoms with Crippen molar-refractivity contribution >= 4 is 60.8 Å². The second kappa shape index (κ2) is 17.4. The number of allylic oxidation sites excluding steroid dienone is 2. The third-order valence-corrected chi connectivity index (χ3v) is 12.2. The molecule has 0 saturated carbocycles. The molecule has 1 aromatic heterocycles. The molecule has 6 N–H and O–H groups in total. The minimum atomic E-state index is -1.94. The van der Waals surface area contributed by atoms with Crippen molar-refractivity contribution in [1.29, 1.82) is 0 Å². The molecule has 3 heterocycles. The van der Waals surface area contributed by atoms with E-state index in [0.717, 1.165) is 12.8 Å². The largest absolute Gasteiger partial charge is 0.507 e. The number of phenols is 2. The number of carbonyl (C=O) groups is 3. The Morgan fingerprint density at radius 1 is 1.04 bits per heavy atom. The van der Waals surface area contributed by atoms with Gasteiger partial charge in [0.15, 0.2) is 10.9 Å². The first-order chi connectivity index (χ1) is 26.9. The number of carbonyl (C=O) groups excluding carboxylic acids is 3. The van der Waals surface area contributed by atoms with Crippen LogP contribution in [0.25, 0.3) is 21.0 Å². The lowest BCUT2D eigenvalue weighted by atomic mass is 9.78. The van der Waals surface area contributed by atoms with Gasteiger partial charge >= 0.3 is 11.8 Å². The summed E-state index contributed by atoms with van der Waals surface area (Å²) in [4.78, 5) is 45.4. The highest BCUT2D eigenvalue weighted by Crippen LogP contribution is 2.55. The Labute approximate surface area is 336 Å². The molecule has 0 fully saturated rings. The van der Waals surface area contributed by atoms with Crippen molar-refractivity contribution in [1.82, 2.24) is 4.98 Å². The number of nitrogens with zero attached hydrogens (tertiary/aromatic N) is 1. The molecule has 5 rings (SSSR count). The molecule has 0 radical (unpaired) electrons. The summed E-state index contributed by atoms with van der Waals surface area (Å²) >= 11 is 1.18. The van der Waals surface area contributed by atoms with Gasteiger partial charge < -0.3 is 50.0 Å². The van der Waals surface area contributed by atoms with Gasteiger partial charge in [-0.3, -0.25) is 14.4 Å². The van der Waals surface area contributed by atoms with E-state index in [2.05, 4.69) is 17.6 Å². The molecule has 2 aromatic carbocycles. The summed E-state index contributed by atoms with van der Waals surface area (Å²) in [6.07, 6.45) is 5.72. The van der Waals surface area contributed by atoms with Crippen LogP contribution in [-0.2, 0) is 23.8 Å². The number of ketones is 1. The first-order valence-corrected chi connectivity index (χ1v) is 20.1. The molecule has 310 valence electrons. The van der Waals surface area contributed by atoms with Gasteiger partial charge in [-0.2, -0.15) is 0 Å². The maximum Gasteiger partial charge on any atom is 0.312 e. The van der Waals surface area contributed by atoms with Crippen LogP contribution in [0.15, 0.2) is 36.1 Å². The maximum absolute atomic E-state index is 14.5. The second-order valence-electron chi connectivity index (χ2n) is 15.3. The highest BCUT2D eigenvalue weighted by atomic mass is 32.1. The van der Waals surface area contributed by atoms with E-state index >= 15 is 0 Å². The number of phenolic OH excluding ortho intramolecular Hbond substituents is 2. The maximum atomic E-state index is 14.5. The van der Waals surface area contributed by atoms with Crippen molar-refractivity contribution < 1.29 is 53.8 Å². The zero-order valence-corrected chi connectivity index (χ0v) is 34.9. The number of fused-ring (bicyclic) bond motifs is 1.